The van der Waals surface area contributed by atoms with Crippen LogP contribution >= 0.6 is 0 Å². The van der Waals surface area contributed by atoms with Crippen LogP contribution in [0.4, 0.5) is 0 Å². The third-order valence-corrected chi connectivity index (χ3v) is 6.10. The number of rotatable bonds is 2. The Morgan fingerprint density at radius 3 is 2.45 bits per heavy atom. The Labute approximate surface area is 121 Å². The van der Waals surface area contributed by atoms with Gasteiger partial charge in [0.2, 0.25) is 0 Å². The van der Waals surface area contributed by atoms with Gasteiger partial charge in [-0.05, 0) is 35.8 Å². The van der Waals surface area contributed by atoms with E-state index < -0.39 is 0 Å². The summed E-state index contributed by atoms with van der Waals surface area (Å²) in [6.07, 6.45) is 6.37. The zero-order valence-electron chi connectivity index (χ0n) is 12.3. The zero-order chi connectivity index (χ0) is 14.4. The highest BCUT2D eigenvalue weighted by Gasteiger charge is 2.59. The summed E-state index contributed by atoms with van der Waals surface area (Å²) in [6.45, 7) is 4.58. The summed E-state index contributed by atoms with van der Waals surface area (Å²) >= 11 is 0. The first-order chi connectivity index (χ1) is 9.62. The van der Waals surface area contributed by atoms with Crippen LogP contribution in [0.1, 0.15) is 31.4 Å². The minimum atomic E-state index is -0.356. The molecule has 2 N–H and O–H groups in total. The number of benzene rings is 1. The molecular weight excluding hydrogens is 248 g/mol. The molecule has 0 aliphatic heterocycles. The van der Waals surface area contributed by atoms with Gasteiger partial charge in [0.05, 0.1) is 13.2 Å². The Kier molecular flexibility index (Phi) is 3.26. The van der Waals surface area contributed by atoms with Crippen molar-refractivity contribution < 1.29 is 10.2 Å². The highest BCUT2D eigenvalue weighted by molar-refractivity contribution is 5.44. The molecule has 4 atom stereocenters. The normalized spacial score (nSPS) is 39.2. The predicted octanol–water partition coefficient (Wildman–Crippen LogP) is 2.68. The van der Waals surface area contributed by atoms with Gasteiger partial charge >= 0.3 is 0 Å². The minimum absolute atomic E-state index is 0.0976. The fraction of sp³-hybridized carbons (Fsp3) is 0.556. The predicted molar refractivity (Wildman–Crippen MR) is 80.5 cm³/mol. The van der Waals surface area contributed by atoms with E-state index >= 15 is 0 Å². The summed E-state index contributed by atoms with van der Waals surface area (Å²) in [4.78, 5) is 0. The molecule has 0 aromatic heterocycles. The number of fused-ring (bicyclic) bond motifs is 3. The third kappa shape index (κ3) is 1.47. The molecule has 0 saturated carbocycles. The van der Waals surface area contributed by atoms with E-state index in [4.69, 9.17) is 0 Å². The van der Waals surface area contributed by atoms with Crippen LogP contribution in [0.5, 0.6) is 0 Å². The average Bonchev–Trinajstić information content (AvgIpc) is 2.50. The topological polar surface area (TPSA) is 40.5 Å². The SMILES string of the molecule is CC1C=CC(C)[C@]2(CO)c3ccccc3CC[C@]12CO. The largest absolute Gasteiger partial charge is 0.396 e. The molecule has 108 valence electrons. The van der Waals surface area contributed by atoms with Gasteiger partial charge in [0.15, 0.2) is 0 Å². The van der Waals surface area contributed by atoms with Crippen LogP contribution in [0.15, 0.2) is 36.4 Å². The summed E-state index contributed by atoms with van der Waals surface area (Å²) in [7, 11) is 0. The van der Waals surface area contributed by atoms with E-state index in [0.717, 1.165) is 12.8 Å². The van der Waals surface area contributed by atoms with Crippen LogP contribution in [0.25, 0.3) is 0 Å². The van der Waals surface area contributed by atoms with Crippen LogP contribution in [0, 0.1) is 17.3 Å². The molecule has 0 spiro atoms. The molecule has 3 rings (SSSR count). The molecule has 0 saturated heterocycles. The summed E-state index contributed by atoms with van der Waals surface area (Å²) in [5.41, 5.74) is 1.97. The maximum atomic E-state index is 10.4. The highest BCUT2D eigenvalue weighted by atomic mass is 16.3. The summed E-state index contributed by atoms with van der Waals surface area (Å²) in [5, 5.41) is 20.6. The molecule has 2 aliphatic rings. The molecule has 0 amide bonds. The van der Waals surface area contributed by atoms with E-state index in [1.165, 1.54) is 11.1 Å². The van der Waals surface area contributed by atoms with Gasteiger partial charge in [-0.15, -0.1) is 0 Å². The maximum absolute atomic E-state index is 10.4. The molecule has 0 heterocycles. The Balaban J connectivity index is 2.30. The van der Waals surface area contributed by atoms with Crippen molar-refractivity contribution in [1.82, 2.24) is 0 Å². The molecule has 0 fully saturated rings. The lowest BCUT2D eigenvalue weighted by atomic mass is 9.44. The van der Waals surface area contributed by atoms with Gasteiger partial charge in [0, 0.05) is 10.8 Å². The van der Waals surface area contributed by atoms with Crippen molar-refractivity contribution in [3.05, 3.63) is 47.5 Å². The Morgan fingerprint density at radius 1 is 1.05 bits per heavy atom. The maximum Gasteiger partial charge on any atom is 0.0540 e. The molecular formula is C18H24O2. The quantitative estimate of drug-likeness (QED) is 0.813. The first kappa shape index (κ1) is 13.8. The summed E-state index contributed by atoms with van der Waals surface area (Å²) in [5.74, 6) is 0.515. The molecule has 2 heteroatoms. The van der Waals surface area contributed by atoms with E-state index in [2.05, 4.69) is 50.3 Å². The molecule has 0 radical (unpaired) electrons. The third-order valence-electron chi connectivity index (χ3n) is 6.10. The first-order valence-corrected chi connectivity index (χ1v) is 7.61. The van der Waals surface area contributed by atoms with E-state index in [1.807, 2.05) is 0 Å². The average molecular weight is 272 g/mol. The number of aliphatic hydroxyl groups excluding tert-OH is 2. The lowest BCUT2D eigenvalue weighted by Gasteiger charge is -2.60. The van der Waals surface area contributed by atoms with Gasteiger partial charge in [-0.25, -0.2) is 0 Å². The van der Waals surface area contributed by atoms with E-state index in [1.54, 1.807) is 0 Å². The second kappa shape index (κ2) is 4.71. The smallest absolute Gasteiger partial charge is 0.0540 e. The molecule has 0 bridgehead atoms. The van der Waals surface area contributed by atoms with Crippen molar-refractivity contribution in [2.75, 3.05) is 13.2 Å². The number of aryl methyl sites for hydroxylation is 1. The standard InChI is InChI=1S/C18H24O2/c1-13-7-8-14(2)18(12-20)16-6-4-3-5-15(16)9-10-17(13,18)11-19/h3-8,13-14,19-20H,9-12H2,1-2H3/t13?,14?,17-,18+/m0/s1. The number of hydrogen-bond acceptors (Lipinski definition) is 2. The van der Waals surface area contributed by atoms with Crippen molar-refractivity contribution in [3.63, 3.8) is 0 Å². The van der Waals surface area contributed by atoms with Crippen LogP contribution < -0.4 is 0 Å². The lowest BCUT2D eigenvalue weighted by molar-refractivity contribution is -0.0683. The summed E-state index contributed by atoms with van der Waals surface area (Å²) in [6, 6.07) is 8.45. The van der Waals surface area contributed by atoms with Crippen LogP contribution in [0.2, 0.25) is 0 Å². The minimum Gasteiger partial charge on any atom is -0.396 e. The number of hydrogen-bond donors (Lipinski definition) is 2. The van der Waals surface area contributed by atoms with Crippen LogP contribution in [-0.4, -0.2) is 23.4 Å². The zero-order valence-corrected chi connectivity index (χ0v) is 12.3. The van der Waals surface area contributed by atoms with Crippen molar-refractivity contribution >= 4 is 0 Å². The number of aliphatic hydroxyl groups is 2. The van der Waals surface area contributed by atoms with Gasteiger partial charge in [-0.2, -0.15) is 0 Å². The van der Waals surface area contributed by atoms with E-state index in [9.17, 15) is 10.2 Å². The van der Waals surface area contributed by atoms with Gasteiger partial charge in [0.1, 0.15) is 0 Å². The van der Waals surface area contributed by atoms with Crippen molar-refractivity contribution in [3.8, 4) is 0 Å². The second-order valence-corrected chi connectivity index (χ2v) is 6.56. The second-order valence-electron chi connectivity index (χ2n) is 6.56. The molecule has 20 heavy (non-hydrogen) atoms. The molecule has 1 aromatic carbocycles. The first-order valence-electron chi connectivity index (χ1n) is 7.61. The van der Waals surface area contributed by atoms with E-state index in [0.29, 0.717) is 0 Å². The van der Waals surface area contributed by atoms with Crippen molar-refractivity contribution in [2.45, 2.75) is 32.1 Å². The molecule has 2 nitrogen and oxygen atoms in total. The Morgan fingerprint density at radius 2 is 1.75 bits per heavy atom. The molecule has 2 unspecified atom stereocenters. The van der Waals surface area contributed by atoms with Gasteiger partial charge in [0.25, 0.3) is 0 Å². The van der Waals surface area contributed by atoms with Gasteiger partial charge in [-0.1, -0.05) is 50.3 Å². The fourth-order valence-electron chi connectivity index (χ4n) is 4.79. The molecule has 1 aromatic rings. The van der Waals surface area contributed by atoms with Gasteiger partial charge < -0.3 is 10.2 Å². The van der Waals surface area contributed by atoms with E-state index in [-0.39, 0.29) is 35.9 Å². The monoisotopic (exact) mass is 272 g/mol. The highest BCUT2D eigenvalue weighted by Crippen LogP contribution is 2.60. The lowest BCUT2D eigenvalue weighted by Crippen LogP contribution is -2.61. The molecule has 2 aliphatic carbocycles. The Bertz CT molecular complexity index is 536. The summed E-state index contributed by atoms with van der Waals surface area (Å²) < 4.78 is 0. The van der Waals surface area contributed by atoms with Crippen molar-refractivity contribution in [1.29, 1.82) is 0 Å². The Hall–Kier alpha value is -1.12. The van der Waals surface area contributed by atoms with Crippen molar-refractivity contribution in [2.24, 2.45) is 17.3 Å². The fourth-order valence-corrected chi connectivity index (χ4v) is 4.79. The van der Waals surface area contributed by atoms with Crippen LogP contribution in [-0.2, 0) is 11.8 Å². The van der Waals surface area contributed by atoms with Gasteiger partial charge in [-0.3, -0.25) is 0 Å². The number of allylic oxidation sites excluding steroid dienone is 2. The van der Waals surface area contributed by atoms with Crippen LogP contribution in [0.3, 0.4) is 0 Å².